The molecular formula is C17H22N2O3. The number of carbonyl (C=O) groups excluding carboxylic acids is 1. The molecule has 22 heavy (non-hydrogen) atoms. The minimum Gasteiger partial charge on any atom is -0.493 e. The van der Waals surface area contributed by atoms with Crippen molar-refractivity contribution in [3.8, 4) is 11.5 Å². The summed E-state index contributed by atoms with van der Waals surface area (Å²) in [7, 11) is 2.10. The lowest BCUT2D eigenvalue weighted by Gasteiger charge is -2.32. The fraction of sp³-hybridized carbons (Fsp3) is 0.588. The molecule has 0 radical (unpaired) electrons. The van der Waals surface area contributed by atoms with Crippen LogP contribution >= 0.6 is 0 Å². The SMILES string of the molecule is CN1CCN(C(=O)Cc2c3c(cc4c2OCC4)OCC3)CC1. The second-order valence-corrected chi connectivity index (χ2v) is 6.38. The van der Waals surface area contributed by atoms with E-state index >= 15 is 0 Å². The number of rotatable bonds is 2. The zero-order valence-corrected chi connectivity index (χ0v) is 13.1. The Bertz CT molecular complexity index is 574. The van der Waals surface area contributed by atoms with Crippen LogP contribution in [0.3, 0.4) is 0 Å². The zero-order valence-electron chi connectivity index (χ0n) is 13.1. The molecule has 1 aromatic carbocycles. The van der Waals surface area contributed by atoms with E-state index in [2.05, 4.69) is 18.0 Å². The summed E-state index contributed by atoms with van der Waals surface area (Å²) >= 11 is 0. The lowest BCUT2D eigenvalue weighted by atomic mass is 9.96. The maximum atomic E-state index is 12.7. The molecule has 0 N–H and O–H groups in total. The van der Waals surface area contributed by atoms with Gasteiger partial charge in [-0.2, -0.15) is 0 Å². The first-order chi connectivity index (χ1) is 10.7. The van der Waals surface area contributed by atoms with Crippen molar-refractivity contribution in [1.82, 2.24) is 9.80 Å². The maximum absolute atomic E-state index is 12.7. The molecule has 0 atom stereocenters. The van der Waals surface area contributed by atoms with Crippen molar-refractivity contribution in [2.75, 3.05) is 46.4 Å². The van der Waals surface area contributed by atoms with Gasteiger partial charge in [0.1, 0.15) is 11.5 Å². The maximum Gasteiger partial charge on any atom is 0.227 e. The Hall–Kier alpha value is -1.75. The molecule has 5 heteroatoms. The van der Waals surface area contributed by atoms with E-state index in [1.165, 1.54) is 11.1 Å². The molecule has 0 aliphatic carbocycles. The predicted molar refractivity (Wildman–Crippen MR) is 82.6 cm³/mol. The van der Waals surface area contributed by atoms with Crippen molar-refractivity contribution >= 4 is 5.91 Å². The third-order valence-electron chi connectivity index (χ3n) is 4.94. The highest BCUT2D eigenvalue weighted by atomic mass is 16.5. The number of ether oxygens (including phenoxy) is 2. The summed E-state index contributed by atoms with van der Waals surface area (Å²) < 4.78 is 11.5. The van der Waals surface area contributed by atoms with Crippen molar-refractivity contribution in [2.45, 2.75) is 19.3 Å². The van der Waals surface area contributed by atoms with E-state index in [1.54, 1.807) is 0 Å². The van der Waals surface area contributed by atoms with Gasteiger partial charge in [0, 0.05) is 55.7 Å². The Balaban J connectivity index is 1.59. The number of carbonyl (C=O) groups is 1. The van der Waals surface area contributed by atoms with Gasteiger partial charge in [0.05, 0.1) is 19.6 Å². The van der Waals surface area contributed by atoms with Crippen LogP contribution in [0.4, 0.5) is 0 Å². The molecule has 0 unspecified atom stereocenters. The Kier molecular flexibility index (Phi) is 3.45. The number of likely N-dealkylation sites (N-methyl/N-ethyl adjacent to an activating group) is 1. The molecule has 0 bridgehead atoms. The lowest BCUT2D eigenvalue weighted by molar-refractivity contribution is -0.132. The highest BCUT2D eigenvalue weighted by Crippen LogP contribution is 2.40. The van der Waals surface area contributed by atoms with E-state index in [9.17, 15) is 4.79 Å². The van der Waals surface area contributed by atoms with Gasteiger partial charge in [-0.05, 0) is 13.1 Å². The van der Waals surface area contributed by atoms with Crippen LogP contribution in [-0.4, -0.2) is 62.1 Å². The first kappa shape index (κ1) is 13.9. The average molecular weight is 302 g/mol. The molecule has 0 aromatic heterocycles. The second kappa shape index (κ2) is 5.47. The second-order valence-electron chi connectivity index (χ2n) is 6.38. The predicted octanol–water partition coefficient (Wildman–Crippen LogP) is 0.873. The summed E-state index contributed by atoms with van der Waals surface area (Å²) in [5.41, 5.74) is 3.45. The first-order valence-electron chi connectivity index (χ1n) is 8.12. The number of benzene rings is 1. The van der Waals surface area contributed by atoms with Crippen LogP contribution in [0.25, 0.3) is 0 Å². The van der Waals surface area contributed by atoms with Gasteiger partial charge in [-0.1, -0.05) is 0 Å². The minimum atomic E-state index is 0.214. The van der Waals surface area contributed by atoms with Gasteiger partial charge in [0.15, 0.2) is 0 Å². The number of amides is 1. The summed E-state index contributed by atoms with van der Waals surface area (Å²) in [6.45, 7) is 4.99. The summed E-state index contributed by atoms with van der Waals surface area (Å²) in [6, 6.07) is 2.11. The minimum absolute atomic E-state index is 0.214. The van der Waals surface area contributed by atoms with E-state index < -0.39 is 0 Å². The molecule has 118 valence electrons. The van der Waals surface area contributed by atoms with Crippen molar-refractivity contribution in [1.29, 1.82) is 0 Å². The molecule has 5 nitrogen and oxygen atoms in total. The van der Waals surface area contributed by atoms with Crippen molar-refractivity contribution in [3.05, 3.63) is 22.8 Å². The van der Waals surface area contributed by atoms with Crippen molar-refractivity contribution in [2.24, 2.45) is 0 Å². The van der Waals surface area contributed by atoms with Gasteiger partial charge >= 0.3 is 0 Å². The number of piperazine rings is 1. The quantitative estimate of drug-likeness (QED) is 0.813. The normalized spacial score (nSPS) is 20.3. The number of hydrogen-bond acceptors (Lipinski definition) is 4. The molecule has 3 aliphatic rings. The number of nitrogens with zero attached hydrogens (tertiary/aromatic N) is 2. The smallest absolute Gasteiger partial charge is 0.227 e. The zero-order chi connectivity index (χ0) is 15.1. The number of hydrogen-bond donors (Lipinski definition) is 0. The Morgan fingerprint density at radius 3 is 2.73 bits per heavy atom. The summed E-state index contributed by atoms with van der Waals surface area (Å²) in [5.74, 6) is 2.13. The van der Waals surface area contributed by atoms with E-state index in [4.69, 9.17) is 9.47 Å². The monoisotopic (exact) mass is 302 g/mol. The highest BCUT2D eigenvalue weighted by Gasteiger charge is 2.29. The lowest BCUT2D eigenvalue weighted by Crippen LogP contribution is -2.47. The van der Waals surface area contributed by atoms with Crippen LogP contribution in [0, 0.1) is 0 Å². The van der Waals surface area contributed by atoms with Crippen LogP contribution in [0.1, 0.15) is 16.7 Å². The van der Waals surface area contributed by atoms with Crippen LogP contribution in [0.5, 0.6) is 11.5 Å². The molecule has 0 spiro atoms. The van der Waals surface area contributed by atoms with Gasteiger partial charge in [0.25, 0.3) is 0 Å². The van der Waals surface area contributed by atoms with Gasteiger partial charge in [-0.25, -0.2) is 0 Å². The molecule has 1 aromatic rings. The van der Waals surface area contributed by atoms with Gasteiger partial charge < -0.3 is 19.3 Å². The average Bonchev–Trinajstić information content (AvgIpc) is 3.16. The number of fused-ring (bicyclic) bond motifs is 2. The molecular weight excluding hydrogens is 280 g/mol. The van der Waals surface area contributed by atoms with E-state index in [1.807, 2.05) is 4.90 Å². The summed E-state index contributed by atoms with van der Waals surface area (Å²) in [5, 5.41) is 0. The van der Waals surface area contributed by atoms with Crippen molar-refractivity contribution in [3.63, 3.8) is 0 Å². The van der Waals surface area contributed by atoms with Crippen LogP contribution in [-0.2, 0) is 24.1 Å². The summed E-state index contributed by atoms with van der Waals surface area (Å²) in [6.07, 6.45) is 2.25. The largest absolute Gasteiger partial charge is 0.493 e. The molecule has 1 amide bonds. The molecule has 4 rings (SSSR count). The fourth-order valence-corrected chi connectivity index (χ4v) is 3.59. The molecule has 1 fully saturated rings. The third kappa shape index (κ3) is 2.33. The third-order valence-corrected chi connectivity index (χ3v) is 4.94. The Labute approximate surface area is 130 Å². The molecule has 1 saturated heterocycles. The van der Waals surface area contributed by atoms with Gasteiger partial charge in [0.2, 0.25) is 5.91 Å². The standard InChI is InChI=1S/C17H22N2O3/c1-18-4-6-19(7-5-18)16(20)11-14-13-3-9-21-15(13)10-12-2-8-22-17(12)14/h10H,2-9,11H2,1H3. The van der Waals surface area contributed by atoms with Crippen LogP contribution < -0.4 is 9.47 Å². The van der Waals surface area contributed by atoms with E-state index in [0.717, 1.165) is 56.1 Å². The molecule has 0 saturated carbocycles. The summed E-state index contributed by atoms with van der Waals surface area (Å²) in [4.78, 5) is 16.9. The van der Waals surface area contributed by atoms with Crippen LogP contribution in [0.15, 0.2) is 6.07 Å². The van der Waals surface area contributed by atoms with Crippen molar-refractivity contribution < 1.29 is 14.3 Å². The highest BCUT2D eigenvalue weighted by molar-refractivity contribution is 5.81. The van der Waals surface area contributed by atoms with Gasteiger partial charge in [-0.15, -0.1) is 0 Å². The Morgan fingerprint density at radius 2 is 1.91 bits per heavy atom. The molecule has 3 aliphatic heterocycles. The van der Waals surface area contributed by atoms with Gasteiger partial charge in [-0.3, -0.25) is 4.79 Å². The first-order valence-corrected chi connectivity index (χ1v) is 8.12. The Morgan fingerprint density at radius 1 is 1.14 bits per heavy atom. The molecule has 3 heterocycles. The van der Waals surface area contributed by atoms with E-state index in [-0.39, 0.29) is 5.91 Å². The topological polar surface area (TPSA) is 42.0 Å². The van der Waals surface area contributed by atoms with Crippen LogP contribution in [0.2, 0.25) is 0 Å². The fourth-order valence-electron chi connectivity index (χ4n) is 3.59. The van der Waals surface area contributed by atoms with E-state index in [0.29, 0.717) is 19.6 Å².